The minimum atomic E-state index is -0.378. The van der Waals surface area contributed by atoms with E-state index in [1.54, 1.807) is 40.7 Å². The summed E-state index contributed by atoms with van der Waals surface area (Å²) >= 11 is 3.20. The van der Waals surface area contributed by atoms with Gasteiger partial charge < -0.3 is 19.3 Å². The number of fused-ring (bicyclic) bond motifs is 3. The van der Waals surface area contributed by atoms with E-state index >= 15 is 0 Å². The first-order chi connectivity index (χ1) is 22.8. The SMILES string of the molecule is C=CC(=O)N1CCc2nc(-c3nc(-c4ccc5c(c4)CCC(N(C)C)C5)c4ccsc4c3-c3ccc(F)cc3OCCOC)sc2C1. The number of hydrogen-bond donors (Lipinski definition) is 0. The number of rotatable bonds is 9. The maximum absolute atomic E-state index is 14.7. The standard InChI is InChI=1S/C37H37FN4O3S2/c1-5-32(43)42-14-12-29-31(21-42)47-37(39-29)35-33(27-11-9-25(38)20-30(27)45-16-15-44-4)36-28(13-17-46-36)34(40-35)24-7-6-23-19-26(41(2)3)10-8-22(23)18-24/h5-7,9,11,13,17-18,20,26H,1,8,10,12,14-16,19,21H2,2-4H3. The zero-order valence-electron chi connectivity index (χ0n) is 26.8. The summed E-state index contributed by atoms with van der Waals surface area (Å²) in [4.78, 5) is 28.2. The Labute approximate surface area is 282 Å². The maximum atomic E-state index is 14.7. The largest absolute Gasteiger partial charge is 0.490 e. The predicted octanol–water partition coefficient (Wildman–Crippen LogP) is 7.41. The number of likely N-dealkylation sites (N-methyl/N-ethyl adjacent to an activating group) is 1. The van der Waals surface area contributed by atoms with Crippen molar-refractivity contribution in [2.45, 2.75) is 38.3 Å². The third-order valence-electron chi connectivity index (χ3n) is 9.20. The normalized spacial score (nSPS) is 15.9. The minimum absolute atomic E-state index is 0.0832. The zero-order chi connectivity index (χ0) is 32.7. The predicted molar refractivity (Wildman–Crippen MR) is 188 cm³/mol. The first-order valence-corrected chi connectivity index (χ1v) is 17.6. The van der Waals surface area contributed by atoms with E-state index in [9.17, 15) is 9.18 Å². The van der Waals surface area contributed by atoms with Crippen molar-refractivity contribution in [3.8, 4) is 38.8 Å². The lowest BCUT2D eigenvalue weighted by Crippen LogP contribution is -2.34. The van der Waals surface area contributed by atoms with E-state index in [0.29, 0.717) is 37.9 Å². The highest BCUT2D eigenvalue weighted by Crippen LogP contribution is 2.47. The fourth-order valence-corrected chi connectivity index (χ4v) is 8.72. The van der Waals surface area contributed by atoms with E-state index < -0.39 is 0 Å². The van der Waals surface area contributed by atoms with Crippen molar-refractivity contribution >= 4 is 38.7 Å². The summed E-state index contributed by atoms with van der Waals surface area (Å²) in [6.45, 7) is 5.41. The van der Waals surface area contributed by atoms with Gasteiger partial charge in [-0.2, -0.15) is 0 Å². The lowest BCUT2D eigenvalue weighted by Gasteiger charge is -2.30. The summed E-state index contributed by atoms with van der Waals surface area (Å²) in [5, 5.41) is 3.89. The van der Waals surface area contributed by atoms with Crippen LogP contribution in [0.2, 0.25) is 0 Å². The number of hydrogen-bond acceptors (Lipinski definition) is 8. The molecule has 2 aromatic carbocycles. The fraction of sp³-hybridized carbons (Fsp3) is 0.324. The number of methoxy groups -OCH3 is 1. The van der Waals surface area contributed by atoms with Gasteiger partial charge in [-0.1, -0.05) is 18.7 Å². The molecule has 5 aromatic rings. The molecule has 0 bridgehead atoms. The number of pyridine rings is 1. The molecule has 1 unspecified atom stereocenters. The summed E-state index contributed by atoms with van der Waals surface area (Å²) in [5.74, 6) is -0.0296. The molecule has 0 saturated heterocycles. The van der Waals surface area contributed by atoms with E-state index in [-0.39, 0.29) is 18.3 Å². The molecule has 0 saturated carbocycles. The Hall–Kier alpha value is -3.96. The maximum Gasteiger partial charge on any atom is 0.246 e. The van der Waals surface area contributed by atoms with E-state index in [4.69, 9.17) is 19.4 Å². The number of benzene rings is 2. The Kier molecular flexibility index (Phi) is 8.93. The Morgan fingerprint density at radius 2 is 1.98 bits per heavy atom. The summed E-state index contributed by atoms with van der Waals surface area (Å²) < 4.78 is 27.0. The first-order valence-electron chi connectivity index (χ1n) is 15.9. The Morgan fingerprint density at radius 3 is 2.79 bits per heavy atom. The molecule has 242 valence electrons. The summed E-state index contributed by atoms with van der Waals surface area (Å²) in [6, 6.07) is 14.1. The van der Waals surface area contributed by atoms with Crippen molar-refractivity contribution in [1.82, 2.24) is 19.8 Å². The van der Waals surface area contributed by atoms with Crippen LogP contribution in [-0.2, 0) is 35.3 Å². The van der Waals surface area contributed by atoms with Crippen LogP contribution in [0.4, 0.5) is 4.39 Å². The third-order valence-corrected chi connectivity index (χ3v) is 11.2. The van der Waals surface area contributed by atoms with Crippen LogP contribution in [-0.4, -0.2) is 72.7 Å². The number of nitrogens with zero attached hydrogens (tertiary/aromatic N) is 4. The number of amides is 1. The van der Waals surface area contributed by atoms with Gasteiger partial charge in [0.25, 0.3) is 0 Å². The Balaban J connectivity index is 1.41. The lowest BCUT2D eigenvalue weighted by molar-refractivity contribution is -0.126. The highest BCUT2D eigenvalue weighted by molar-refractivity contribution is 7.18. The highest BCUT2D eigenvalue weighted by atomic mass is 32.1. The first kappa shape index (κ1) is 31.6. The molecule has 4 heterocycles. The molecule has 1 aliphatic heterocycles. The highest BCUT2D eigenvalue weighted by Gasteiger charge is 2.28. The van der Waals surface area contributed by atoms with Crippen LogP contribution >= 0.6 is 22.7 Å². The third kappa shape index (κ3) is 6.11. The fourth-order valence-electron chi connectivity index (χ4n) is 6.64. The topological polar surface area (TPSA) is 67.8 Å². The molecule has 0 N–H and O–H groups in total. The molecule has 2 aliphatic rings. The van der Waals surface area contributed by atoms with E-state index in [1.165, 1.54) is 29.3 Å². The molecular formula is C37H37FN4O3S2. The van der Waals surface area contributed by atoms with Gasteiger partial charge >= 0.3 is 0 Å². The molecule has 0 spiro atoms. The lowest BCUT2D eigenvalue weighted by atomic mass is 9.86. The second kappa shape index (κ2) is 13.3. The van der Waals surface area contributed by atoms with Crippen molar-refractivity contribution in [3.63, 3.8) is 0 Å². The van der Waals surface area contributed by atoms with Crippen LogP contribution < -0.4 is 4.74 Å². The molecule has 0 radical (unpaired) electrons. The average molecular weight is 669 g/mol. The van der Waals surface area contributed by atoms with Gasteiger partial charge in [-0.15, -0.1) is 22.7 Å². The molecule has 1 atom stereocenters. The average Bonchev–Trinajstić information content (AvgIpc) is 3.75. The Bertz CT molecular complexity index is 1980. The number of thiazole rings is 1. The van der Waals surface area contributed by atoms with Crippen LogP contribution in [0.3, 0.4) is 0 Å². The van der Waals surface area contributed by atoms with Gasteiger partial charge in [0, 0.05) is 63.8 Å². The number of carbonyl (C=O) groups excluding carboxylic acids is 1. The second-order valence-corrected chi connectivity index (χ2v) is 14.3. The number of thiophene rings is 1. The van der Waals surface area contributed by atoms with Crippen molar-refractivity contribution in [2.75, 3.05) is 41.0 Å². The minimum Gasteiger partial charge on any atom is -0.490 e. The van der Waals surface area contributed by atoms with Gasteiger partial charge in [0.2, 0.25) is 5.91 Å². The quantitative estimate of drug-likeness (QED) is 0.120. The Morgan fingerprint density at radius 1 is 1.11 bits per heavy atom. The van der Waals surface area contributed by atoms with Gasteiger partial charge in [0.1, 0.15) is 28.9 Å². The van der Waals surface area contributed by atoms with Gasteiger partial charge in [0.15, 0.2) is 0 Å². The number of aromatic nitrogens is 2. The number of carbonyl (C=O) groups is 1. The van der Waals surface area contributed by atoms with Gasteiger partial charge in [0.05, 0.1) is 24.5 Å². The summed E-state index contributed by atoms with van der Waals surface area (Å²) in [5.41, 5.74) is 8.07. The molecule has 7 nitrogen and oxygen atoms in total. The smallest absolute Gasteiger partial charge is 0.246 e. The van der Waals surface area contributed by atoms with Crippen molar-refractivity contribution in [2.24, 2.45) is 0 Å². The number of ether oxygens (including phenoxy) is 2. The van der Waals surface area contributed by atoms with Crippen molar-refractivity contribution in [3.05, 3.63) is 88.0 Å². The van der Waals surface area contributed by atoms with Crippen molar-refractivity contribution in [1.29, 1.82) is 0 Å². The zero-order valence-corrected chi connectivity index (χ0v) is 28.5. The van der Waals surface area contributed by atoms with Crippen LogP contribution in [0.1, 0.15) is 28.1 Å². The molecule has 3 aromatic heterocycles. The monoisotopic (exact) mass is 668 g/mol. The van der Waals surface area contributed by atoms with Crippen LogP contribution in [0, 0.1) is 5.82 Å². The van der Waals surface area contributed by atoms with Gasteiger partial charge in [-0.05, 0) is 80.2 Å². The molecule has 7 rings (SSSR count). The molecule has 47 heavy (non-hydrogen) atoms. The van der Waals surface area contributed by atoms with E-state index in [0.717, 1.165) is 73.0 Å². The van der Waals surface area contributed by atoms with Gasteiger partial charge in [-0.25, -0.2) is 14.4 Å². The molecule has 0 fully saturated rings. The van der Waals surface area contributed by atoms with E-state index in [2.05, 4.69) is 55.2 Å². The van der Waals surface area contributed by atoms with Crippen LogP contribution in [0.5, 0.6) is 5.75 Å². The van der Waals surface area contributed by atoms with E-state index in [1.807, 2.05) is 0 Å². The molecule has 1 aliphatic carbocycles. The summed E-state index contributed by atoms with van der Waals surface area (Å²) in [7, 11) is 5.93. The summed E-state index contributed by atoms with van der Waals surface area (Å²) in [6.07, 6.45) is 5.22. The molecule has 10 heteroatoms. The van der Waals surface area contributed by atoms with Gasteiger partial charge in [-0.3, -0.25) is 4.79 Å². The molecular weight excluding hydrogens is 632 g/mol. The number of aryl methyl sites for hydroxylation is 1. The second-order valence-electron chi connectivity index (χ2n) is 12.3. The molecule has 1 amide bonds. The number of halogens is 1. The van der Waals surface area contributed by atoms with Crippen LogP contribution in [0.15, 0.2) is 60.5 Å². The van der Waals surface area contributed by atoms with Crippen molar-refractivity contribution < 1.29 is 18.7 Å². The van der Waals surface area contributed by atoms with Crippen LogP contribution in [0.25, 0.3) is 43.2 Å².